The Kier molecular flexibility index (Phi) is 11.1. The Morgan fingerprint density at radius 2 is 1.69 bits per heavy atom. The fourth-order valence-electron chi connectivity index (χ4n) is 8.89. The fourth-order valence-corrected chi connectivity index (χ4v) is 8.89. The Morgan fingerprint density at radius 1 is 0.963 bits per heavy atom. The topological polar surface area (TPSA) is 181 Å². The average Bonchev–Trinajstić information content (AvgIpc) is 3.72. The zero-order valence-corrected chi connectivity index (χ0v) is 31.1. The van der Waals surface area contributed by atoms with E-state index in [2.05, 4.69) is 30.2 Å². The highest BCUT2D eigenvalue weighted by Crippen LogP contribution is 2.33. The summed E-state index contributed by atoms with van der Waals surface area (Å²) in [6.07, 6.45) is 5.92. The molecule has 0 aliphatic carbocycles. The standard InChI is InChI=1S/C40H53N9O5/c1-43-37(52)9-7-29(25-50)49-39(53)31-8-6-28(18-33(31)40(49)54)47-14-11-26(12-15-47)21-45-13-10-27(22-45)23-46-16-17-48-30(24-46)20-44-38(42)35(48)19-34(41)32-4-2-3-5-36(32)51/h2-6,8,18-19,25-27,29-30,44,51H,7,9-17,20-24,41-42H2,1H3,(H,43,52)/b34-19-. The smallest absolute Gasteiger partial charge is 0.262 e. The maximum Gasteiger partial charge on any atom is 0.262 e. The second-order valence-corrected chi connectivity index (χ2v) is 15.4. The first-order valence-electron chi connectivity index (χ1n) is 19.3. The summed E-state index contributed by atoms with van der Waals surface area (Å²) in [5, 5.41) is 16.2. The van der Waals surface area contributed by atoms with Gasteiger partial charge in [-0.25, -0.2) is 0 Å². The zero-order valence-electron chi connectivity index (χ0n) is 31.1. The van der Waals surface area contributed by atoms with Crippen LogP contribution >= 0.6 is 0 Å². The molecular weight excluding hydrogens is 686 g/mol. The molecule has 0 saturated carbocycles. The van der Waals surface area contributed by atoms with Gasteiger partial charge in [-0.1, -0.05) is 12.1 Å². The number of benzene rings is 2. The van der Waals surface area contributed by atoms with Crippen LogP contribution in [-0.2, 0) is 9.59 Å². The normalized spacial score (nSPS) is 23.4. The number of imide groups is 1. The molecule has 5 aliphatic rings. The lowest BCUT2D eigenvalue weighted by Crippen LogP contribution is -2.59. The molecule has 54 heavy (non-hydrogen) atoms. The van der Waals surface area contributed by atoms with E-state index in [1.54, 1.807) is 24.3 Å². The molecule has 5 aliphatic heterocycles. The number of fused-ring (bicyclic) bond motifs is 2. The van der Waals surface area contributed by atoms with Gasteiger partial charge in [0.25, 0.3) is 11.8 Å². The van der Waals surface area contributed by atoms with Crippen LogP contribution in [0.25, 0.3) is 5.70 Å². The van der Waals surface area contributed by atoms with Crippen molar-refractivity contribution < 1.29 is 24.3 Å². The number of phenolic OH excluding ortho intramolecular Hbond substituents is 1. The molecule has 2 aromatic carbocycles. The van der Waals surface area contributed by atoms with Gasteiger partial charge in [-0.2, -0.15) is 0 Å². The number of hydrogen-bond acceptors (Lipinski definition) is 12. The Hall–Kier alpha value is -5.08. The van der Waals surface area contributed by atoms with Gasteiger partial charge in [0.05, 0.1) is 28.9 Å². The average molecular weight is 740 g/mol. The molecule has 0 aromatic heterocycles. The van der Waals surface area contributed by atoms with Crippen LogP contribution in [0.5, 0.6) is 5.75 Å². The Balaban J connectivity index is 0.869. The molecule has 3 atom stereocenters. The summed E-state index contributed by atoms with van der Waals surface area (Å²) in [6.45, 7) is 9.75. The van der Waals surface area contributed by atoms with E-state index >= 15 is 0 Å². The molecule has 14 heteroatoms. The number of hydrogen-bond donors (Lipinski definition) is 5. The second-order valence-electron chi connectivity index (χ2n) is 15.4. The maximum atomic E-state index is 13.3. The molecule has 7 rings (SSSR count). The predicted octanol–water partition coefficient (Wildman–Crippen LogP) is 1.34. The third-order valence-corrected chi connectivity index (χ3v) is 11.9. The molecule has 14 nitrogen and oxygen atoms in total. The Morgan fingerprint density at radius 3 is 2.44 bits per heavy atom. The minimum absolute atomic E-state index is 0.0510. The number of carbonyl (C=O) groups excluding carboxylic acids is 4. The lowest BCUT2D eigenvalue weighted by Gasteiger charge is -2.46. The summed E-state index contributed by atoms with van der Waals surface area (Å²) >= 11 is 0. The van der Waals surface area contributed by atoms with E-state index in [-0.39, 0.29) is 30.5 Å². The number of phenols is 1. The minimum Gasteiger partial charge on any atom is -0.507 e. The molecule has 3 fully saturated rings. The Labute approximate surface area is 316 Å². The summed E-state index contributed by atoms with van der Waals surface area (Å²) < 4.78 is 0. The summed E-state index contributed by atoms with van der Waals surface area (Å²) in [5.74, 6) is 0.798. The first kappa shape index (κ1) is 37.2. The number of likely N-dealkylation sites (tertiary alicyclic amines) is 1. The molecule has 0 spiro atoms. The number of piperidine rings is 1. The highest BCUT2D eigenvalue weighted by Gasteiger charge is 2.41. The molecule has 3 unspecified atom stereocenters. The van der Waals surface area contributed by atoms with Crippen LogP contribution < -0.4 is 27.0 Å². The van der Waals surface area contributed by atoms with E-state index in [0.717, 1.165) is 94.6 Å². The zero-order chi connectivity index (χ0) is 37.9. The van der Waals surface area contributed by atoms with Crippen molar-refractivity contribution in [1.29, 1.82) is 0 Å². The van der Waals surface area contributed by atoms with E-state index in [1.807, 2.05) is 24.3 Å². The van der Waals surface area contributed by atoms with Crippen molar-refractivity contribution in [2.75, 3.05) is 77.4 Å². The number of aldehydes is 1. The summed E-state index contributed by atoms with van der Waals surface area (Å²) in [6, 6.07) is 11.8. The first-order chi connectivity index (χ1) is 26.1. The van der Waals surface area contributed by atoms with Crippen molar-refractivity contribution in [3.63, 3.8) is 0 Å². The number of anilines is 1. The van der Waals surface area contributed by atoms with E-state index in [1.165, 1.54) is 13.5 Å². The van der Waals surface area contributed by atoms with Crippen molar-refractivity contribution in [2.24, 2.45) is 23.3 Å². The van der Waals surface area contributed by atoms with Gasteiger partial charge < -0.3 is 46.7 Å². The van der Waals surface area contributed by atoms with Gasteiger partial charge >= 0.3 is 0 Å². The van der Waals surface area contributed by atoms with Gasteiger partial charge in [0.2, 0.25) is 5.91 Å². The van der Waals surface area contributed by atoms with Gasteiger partial charge in [0.15, 0.2) is 0 Å². The number of rotatable bonds is 12. The number of nitrogens with two attached hydrogens (primary N) is 2. The van der Waals surface area contributed by atoms with Gasteiger partial charge in [0.1, 0.15) is 17.9 Å². The molecule has 0 radical (unpaired) electrons. The van der Waals surface area contributed by atoms with Crippen LogP contribution in [0.4, 0.5) is 5.69 Å². The lowest BCUT2D eigenvalue weighted by molar-refractivity contribution is -0.121. The highest BCUT2D eigenvalue weighted by molar-refractivity contribution is 6.22. The number of nitrogens with one attached hydrogen (secondary N) is 2. The van der Waals surface area contributed by atoms with E-state index in [4.69, 9.17) is 11.5 Å². The number of allylic oxidation sites excluding steroid dienone is 1. The second kappa shape index (κ2) is 16.1. The van der Waals surface area contributed by atoms with Crippen LogP contribution in [0.2, 0.25) is 0 Å². The van der Waals surface area contributed by atoms with Crippen LogP contribution in [0, 0.1) is 11.8 Å². The van der Waals surface area contributed by atoms with E-state index < -0.39 is 17.9 Å². The van der Waals surface area contributed by atoms with Crippen molar-refractivity contribution in [1.82, 2.24) is 30.2 Å². The fraction of sp³-hybridized carbons (Fsp3) is 0.500. The van der Waals surface area contributed by atoms with Crippen LogP contribution in [0.15, 0.2) is 60.1 Å². The van der Waals surface area contributed by atoms with Gasteiger partial charge in [-0.15, -0.1) is 0 Å². The van der Waals surface area contributed by atoms with Crippen LogP contribution in [0.3, 0.4) is 0 Å². The molecule has 7 N–H and O–H groups in total. The quantitative estimate of drug-likeness (QED) is 0.156. The molecule has 288 valence electrons. The SMILES string of the molecule is CNC(=O)CCC(C=O)N1C(=O)c2ccc(N3CCC(CN4CCC(CN5CCN6C(/C=C(\N)c7ccccc7O)=C(N)NCC6C5)C4)CC3)cc2C1=O. The van der Waals surface area contributed by atoms with Crippen molar-refractivity contribution in [2.45, 2.75) is 44.2 Å². The minimum atomic E-state index is -0.977. The number of para-hydroxylation sites is 1. The molecule has 0 bridgehead atoms. The monoisotopic (exact) mass is 739 g/mol. The first-order valence-corrected chi connectivity index (χ1v) is 19.3. The van der Waals surface area contributed by atoms with Crippen molar-refractivity contribution in [3.8, 4) is 5.75 Å². The molecule has 3 amide bonds. The van der Waals surface area contributed by atoms with Gasteiger partial charge in [0, 0.05) is 89.3 Å². The van der Waals surface area contributed by atoms with E-state index in [0.29, 0.717) is 46.3 Å². The third-order valence-electron chi connectivity index (χ3n) is 11.9. The summed E-state index contributed by atoms with van der Waals surface area (Å²) in [4.78, 5) is 60.9. The van der Waals surface area contributed by atoms with Gasteiger partial charge in [-0.05, 0) is 80.5 Å². The van der Waals surface area contributed by atoms with Crippen LogP contribution in [0.1, 0.15) is 58.4 Å². The van der Waals surface area contributed by atoms with Gasteiger partial charge in [-0.3, -0.25) is 24.2 Å². The van der Waals surface area contributed by atoms with Crippen molar-refractivity contribution in [3.05, 3.63) is 76.7 Å². The van der Waals surface area contributed by atoms with Crippen molar-refractivity contribution >= 4 is 35.4 Å². The third kappa shape index (κ3) is 7.76. The molecular formula is C40H53N9O5. The summed E-state index contributed by atoms with van der Waals surface area (Å²) in [7, 11) is 1.51. The summed E-state index contributed by atoms with van der Waals surface area (Å²) in [5.41, 5.74) is 16.3. The number of carbonyl (C=O) groups is 4. The lowest BCUT2D eigenvalue weighted by atomic mass is 9.95. The molecule has 2 aromatic rings. The predicted molar refractivity (Wildman–Crippen MR) is 206 cm³/mol. The highest BCUT2D eigenvalue weighted by atomic mass is 16.3. The number of amides is 3. The molecule has 5 heterocycles. The Bertz CT molecular complexity index is 1820. The largest absolute Gasteiger partial charge is 0.507 e. The number of aromatic hydroxyl groups is 1. The van der Waals surface area contributed by atoms with E-state index in [9.17, 15) is 24.3 Å². The van der Waals surface area contributed by atoms with Crippen LogP contribution in [-0.4, -0.2) is 133 Å². The maximum absolute atomic E-state index is 13.3. The number of nitrogens with zero attached hydrogens (tertiary/aromatic N) is 5. The number of piperazine rings is 1. The molecule has 3 saturated heterocycles.